The van der Waals surface area contributed by atoms with Crippen LogP contribution >= 0.6 is 0 Å². The molecule has 0 spiro atoms. The Morgan fingerprint density at radius 2 is 1.93 bits per heavy atom. The van der Waals surface area contributed by atoms with Crippen LogP contribution in [-0.2, 0) is 22.6 Å². The average Bonchev–Trinajstić information content (AvgIpc) is 3.08. The van der Waals surface area contributed by atoms with Crippen molar-refractivity contribution in [1.29, 1.82) is 0 Å². The summed E-state index contributed by atoms with van der Waals surface area (Å²) in [5, 5.41) is 2.76. The van der Waals surface area contributed by atoms with Gasteiger partial charge in [-0.1, -0.05) is 18.2 Å². The minimum absolute atomic E-state index is 0.0907. The maximum Gasteiger partial charge on any atom is 0.231 e. The van der Waals surface area contributed by atoms with E-state index in [1.54, 1.807) is 17.0 Å². The first-order chi connectivity index (χ1) is 13.0. The third-order valence-corrected chi connectivity index (χ3v) is 4.21. The Balaban J connectivity index is 1.49. The maximum absolute atomic E-state index is 13.2. The number of amides is 2. The lowest BCUT2D eigenvalue weighted by Crippen LogP contribution is -2.37. The minimum Gasteiger partial charge on any atom is -0.454 e. The van der Waals surface area contributed by atoms with E-state index in [-0.39, 0.29) is 30.8 Å². The highest BCUT2D eigenvalue weighted by molar-refractivity contribution is 5.78. The van der Waals surface area contributed by atoms with E-state index >= 15 is 0 Å². The average molecular weight is 372 g/mol. The van der Waals surface area contributed by atoms with E-state index < -0.39 is 0 Å². The highest BCUT2D eigenvalue weighted by Gasteiger charge is 2.16. The van der Waals surface area contributed by atoms with E-state index in [1.807, 2.05) is 18.2 Å². The third kappa shape index (κ3) is 5.20. The molecule has 2 amide bonds. The third-order valence-electron chi connectivity index (χ3n) is 4.21. The minimum atomic E-state index is -0.369. The van der Waals surface area contributed by atoms with Crippen LogP contribution in [0, 0.1) is 5.82 Å². The van der Waals surface area contributed by atoms with Crippen molar-refractivity contribution in [3.8, 4) is 11.5 Å². The van der Waals surface area contributed by atoms with Gasteiger partial charge in [-0.2, -0.15) is 0 Å². The first-order valence-electron chi connectivity index (χ1n) is 8.66. The lowest BCUT2D eigenvalue weighted by molar-refractivity contribution is -0.130. The molecule has 1 aliphatic heterocycles. The SMILES string of the molecule is CC(=O)N(CCNC(=O)Cc1cccc(F)c1)Cc1ccc2c(c1)OCO2. The van der Waals surface area contributed by atoms with Gasteiger partial charge in [-0.3, -0.25) is 9.59 Å². The summed E-state index contributed by atoms with van der Waals surface area (Å²) in [6.07, 6.45) is 0.0972. The molecule has 0 atom stereocenters. The second-order valence-electron chi connectivity index (χ2n) is 6.28. The van der Waals surface area contributed by atoms with Crippen LogP contribution in [0.4, 0.5) is 4.39 Å². The predicted molar refractivity (Wildman–Crippen MR) is 96.8 cm³/mol. The summed E-state index contributed by atoms with van der Waals surface area (Å²) in [5.74, 6) is 0.683. The van der Waals surface area contributed by atoms with Crippen molar-refractivity contribution in [3.05, 3.63) is 59.4 Å². The van der Waals surface area contributed by atoms with E-state index in [0.717, 1.165) is 5.56 Å². The molecule has 1 heterocycles. The lowest BCUT2D eigenvalue weighted by Gasteiger charge is -2.21. The fourth-order valence-corrected chi connectivity index (χ4v) is 2.83. The molecule has 0 aromatic heterocycles. The Morgan fingerprint density at radius 1 is 1.11 bits per heavy atom. The van der Waals surface area contributed by atoms with Crippen molar-refractivity contribution in [2.75, 3.05) is 19.9 Å². The second-order valence-corrected chi connectivity index (χ2v) is 6.28. The molecule has 2 aromatic carbocycles. The van der Waals surface area contributed by atoms with Gasteiger partial charge in [-0.15, -0.1) is 0 Å². The zero-order chi connectivity index (χ0) is 19.2. The van der Waals surface area contributed by atoms with Crippen molar-refractivity contribution in [2.24, 2.45) is 0 Å². The van der Waals surface area contributed by atoms with Gasteiger partial charge in [-0.25, -0.2) is 4.39 Å². The Morgan fingerprint density at radius 3 is 2.70 bits per heavy atom. The van der Waals surface area contributed by atoms with Crippen molar-refractivity contribution in [2.45, 2.75) is 19.9 Å². The number of carbonyl (C=O) groups is 2. The largest absolute Gasteiger partial charge is 0.454 e. The molecule has 0 saturated heterocycles. The van der Waals surface area contributed by atoms with Gasteiger partial charge in [0.05, 0.1) is 6.42 Å². The number of hydrogen-bond acceptors (Lipinski definition) is 4. The number of benzene rings is 2. The fourth-order valence-electron chi connectivity index (χ4n) is 2.83. The van der Waals surface area contributed by atoms with E-state index in [9.17, 15) is 14.0 Å². The molecule has 0 radical (unpaired) electrons. The van der Waals surface area contributed by atoms with Gasteiger partial charge in [0.2, 0.25) is 18.6 Å². The highest BCUT2D eigenvalue weighted by atomic mass is 19.1. The molecule has 0 saturated carbocycles. The molecule has 27 heavy (non-hydrogen) atoms. The van der Waals surface area contributed by atoms with Crippen molar-refractivity contribution >= 4 is 11.8 Å². The van der Waals surface area contributed by atoms with Gasteiger partial charge >= 0.3 is 0 Å². The van der Waals surface area contributed by atoms with Crippen molar-refractivity contribution in [3.63, 3.8) is 0 Å². The zero-order valence-electron chi connectivity index (χ0n) is 15.0. The molecule has 6 nitrogen and oxygen atoms in total. The summed E-state index contributed by atoms with van der Waals surface area (Å²) in [6.45, 7) is 2.79. The number of nitrogens with one attached hydrogen (secondary N) is 1. The summed E-state index contributed by atoms with van der Waals surface area (Å²) in [6, 6.07) is 11.5. The number of ether oxygens (including phenoxy) is 2. The van der Waals surface area contributed by atoms with Gasteiger partial charge in [0.15, 0.2) is 11.5 Å². The molecule has 0 aliphatic carbocycles. The Hall–Kier alpha value is -3.09. The predicted octanol–water partition coefficient (Wildman–Crippen LogP) is 2.26. The lowest BCUT2D eigenvalue weighted by atomic mass is 10.1. The molecule has 1 N–H and O–H groups in total. The summed E-state index contributed by atoms with van der Waals surface area (Å²) in [5.41, 5.74) is 1.52. The topological polar surface area (TPSA) is 67.9 Å². The van der Waals surface area contributed by atoms with Crippen LogP contribution in [0.2, 0.25) is 0 Å². The first kappa shape index (κ1) is 18.7. The van der Waals surface area contributed by atoms with Crippen LogP contribution in [0.3, 0.4) is 0 Å². The van der Waals surface area contributed by atoms with Gasteiger partial charge in [0, 0.05) is 26.6 Å². The molecule has 7 heteroatoms. The Bertz CT molecular complexity index is 840. The monoisotopic (exact) mass is 372 g/mol. The van der Waals surface area contributed by atoms with Crippen LogP contribution in [-0.4, -0.2) is 36.6 Å². The fraction of sp³-hybridized carbons (Fsp3) is 0.300. The summed E-state index contributed by atoms with van der Waals surface area (Å²) in [7, 11) is 0. The molecule has 3 rings (SSSR count). The number of halogens is 1. The smallest absolute Gasteiger partial charge is 0.231 e. The number of nitrogens with zero attached hydrogens (tertiary/aromatic N) is 1. The van der Waals surface area contributed by atoms with Crippen LogP contribution in [0.25, 0.3) is 0 Å². The van der Waals surface area contributed by atoms with Crippen LogP contribution in [0.5, 0.6) is 11.5 Å². The van der Waals surface area contributed by atoms with Crippen LogP contribution < -0.4 is 14.8 Å². The summed E-state index contributed by atoms with van der Waals surface area (Å²) < 4.78 is 23.8. The normalized spacial score (nSPS) is 11.9. The molecule has 2 aromatic rings. The summed E-state index contributed by atoms with van der Waals surface area (Å²) in [4.78, 5) is 25.5. The molecule has 1 aliphatic rings. The van der Waals surface area contributed by atoms with Gasteiger partial charge in [0.25, 0.3) is 0 Å². The van der Waals surface area contributed by atoms with E-state index in [2.05, 4.69) is 5.32 Å². The van der Waals surface area contributed by atoms with Crippen molar-refractivity contribution < 1.29 is 23.5 Å². The van der Waals surface area contributed by atoms with Crippen LogP contribution in [0.15, 0.2) is 42.5 Å². The van der Waals surface area contributed by atoms with E-state index in [0.29, 0.717) is 36.7 Å². The molecule has 0 fully saturated rings. The number of hydrogen-bond donors (Lipinski definition) is 1. The molecule has 0 bridgehead atoms. The molecule has 0 unspecified atom stereocenters. The Kier molecular flexibility index (Phi) is 5.90. The standard InChI is InChI=1S/C20H21FN2O4/c1-14(24)23(12-16-5-6-18-19(10-16)27-13-26-18)8-7-22-20(25)11-15-3-2-4-17(21)9-15/h2-6,9-10H,7-8,11-13H2,1H3,(H,22,25). The summed E-state index contributed by atoms with van der Waals surface area (Å²) >= 11 is 0. The zero-order valence-corrected chi connectivity index (χ0v) is 15.0. The first-order valence-corrected chi connectivity index (χ1v) is 8.66. The van der Waals surface area contributed by atoms with Gasteiger partial charge in [0.1, 0.15) is 5.82 Å². The Labute approximate surface area is 156 Å². The highest BCUT2D eigenvalue weighted by Crippen LogP contribution is 2.32. The van der Waals surface area contributed by atoms with E-state index in [1.165, 1.54) is 19.1 Å². The van der Waals surface area contributed by atoms with E-state index in [4.69, 9.17) is 9.47 Å². The molecular formula is C20H21FN2O4. The van der Waals surface area contributed by atoms with Gasteiger partial charge < -0.3 is 19.7 Å². The van der Waals surface area contributed by atoms with Crippen LogP contribution in [0.1, 0.15) is 18.1 Å². The van der Waals surface area contributed by atoms with Gasteiger partial charge in [-0.05, 0) is 35.4 Å². The number of fused-ring (bicyclic) bond motifs is 1. The molecular weight excluding hydrogens is 351 g/mol. The quantitative estimate of drug-likeness (QED) is 0.810. The molecule has 142 valence electrons. The maximum atomic E-state index is 13.2. The van der Waals surface area contributed by atoms with Crippen molar-refractivity contribution in [1.82, 2.24) is 10.2 Å². The second kappa shape index (κ2) is 8.53. The number of rotatable bonds is 7. The number of carbonyl (C=O) groups excluding carboxylic acids is 2.